The zero-order valence-electron chi connectivity index (χ0n) is 9.91. The number of fused-ring (bicyclic) bond motifs is 1. The SMILES string of the molecule is Fc1ccc(Cn2ccc3ccc(F)cc32)c(Cl)c1. The first-order valence-electron chi connectivity index (χ1n) is 5.82. The second kappa shape index (κ2) is 4.67. The number of hydrogen-bond acceptors (Lipinski definition) is 0. The summed E-state index contributed by atoms with van der Waals surface area (Å²) in [5.74, 6) is -0.644. The lowest BCUT2D eigenvalue weighted by molar-refractivity contribution is 0.626. The average Bonchev–Trinajstić information content (AvgIpc) is 2.75. The second-order valence-electron chi connectivity index (χ2n) is 4.38. The predicted octanol–water partition coefficient (Wildman–Crippen LogP) is 4.62. The van der Waals surface area contributed by atoms with Gasteiger partial charge in [-0.15, -0.1) is 0 Å². The highest BCUT2D eigenvalue weighted by Crippen LogP contribution is 2.22. The Bertz CT molecular complexity index is 749. The number of nitrogens with zero attached hydrogens (tertiary/aromatic N) is 1. The molecule has 0 N–H and O–H groups in total. The third kappa shape index (κ3) is 2.34. The molecule has 0 bridgehead atoms. The van der Waals surface area contributed by atoms with Crippen LogP contribution in [0.5, 0.6) is 0 Å². The molecule has 0 aliphatic carbocycles. The quantitative estimate of drug-likeness (QED) is 0.644. The highest BCUT2D eigenvalue weighted by molar-refractivity contribution is 6.31. The molecule has 0 unspecified atom stereocenters. The summed E-state index contributed by atoms with van der Waals surface area (Å²) >= 11 is 6.00. The van der Waals surface area contributed by atoms with E-state index in [-0.39, 0.29) is 11.6 Å². The number of hydrogen-bond donors (Lipinski definition) is 0. The third-order valence-corrected chi connectivity index (χ3v) is 3.44. The van der Waals surface area contributed by atoms with Gasteiger partial charge in [0.1, 0.15) is 11.6 Å². The molecular weight excluding hydrogens is 268 g/mol. The van der Waals surface area contributed by atoms with Crippen LogP contribution in [-0.2, 0) is 6.54 Å². The molecule has 0 aliphatic heterocycles. The van der Waals surface area contributed by atoms with Crippen LogP contribution in [0.25, 0.3) is 10.9 Å². The van der Waals surface area contributed by atoms with Gasteiger partial charge in [-0.1, -0.05) is 17.7 Å². The average molecular weight is 278 g/mol. The first-order valence-corrected chi connectivity index (χ1v) is 6.19. The monoisotopic (exact) mass is 277 g/mol. The molecule has 4 heteroatoms. The largest absolute Gasteiger partial charge is 0.343 e. The summed E-state index contributed by atoms with van der Waals surface area (Å²) in [6.07, 6.45) is 1.86. The molecule has 0 saturated carbocycles. The minimum absolute atomic E-state index is 0.280. The molecule has 1 heterocycles. The van der Waals surface area contributed by atoms with Crippen molar-refractivity contribution in [3.05, 3.63) is 70.9 Å². The molecule has 3 aromatic rings. The van der Waals surface area contributed by atoms with E-state index in [0.29, 0.717) is 11.6 Å². The summed E-state index contributed by atoms with van der Waals surface area (Å²) in [5, 5.41) is 1.33. The smallest absolute Gasteiger partial charge is 0.125 e. The van der Waals surface area contributed by atoms with Crippen molar-refractivity contribution in [2.75, 3.05) is 0 Å². The molecule has 0 spiro atoms. The number of benzene rings is 2. The van der Waals surface area contributed by atoms with Gasteiger partial charge < -0.3 is 4.57 Å². The fourth-order valence-corrected chi connectivity index (χ4v) is 2.36. The van der Waals surface area contributed by atoms with Crippen LogP contribution < -0.4 is 0 Å². The number of aromatic nitrogens is 1. The lowest BCUT2D eigenvalue weighted by Crippen LogP contribution is -1.99. The van der Waals surface area contributed by atoms with E-state index < -0.39 is 0 Å². The highest BCUT2D eigenvalue weighted by atomic mass is 35.5. The molecule has 0 amide bonds. The standard InChI is InChI=1S/C15H10ClF2N/c16-14-7-12(17)4-2-11(14)9-19-6-5-10-1-3-13(18)8-15(10)19/h1-8H,9H2. The molecule has 96 valence electrons. The van der Waals surface area contributed by atoms with Crippen LogP contribution in [0, 0.1) is 11.6 Å². The lowest BCUT2D eigenvalue weighted by atomic mass is 10.2. The number of halogens is 3. The molecular formula is C15H10ClF2N. The molecule has 19 heavy (non-hydrogen) atoms. The summed E-state index contributed by atoms with van der Waals surface area (Å²) in [4.78, 5) is 0. The molecule has 0 radical (unpaired) electrons. The van der Waals surface area contributed by atoms with E-state index in [4.69, 9.17) is 11.6 Å². The predicted molar refractivity (Wildman–Crippen MR) is 72.4 cm³/mol. The Balaban J connectivity index is 2.03. The van der Waals surface area contributed by atoms with Crippen molar-refractivity contribution in [1.29, 1.82) is 0 Å². The Morgan fingerprint density at radius 3 is 2.47 bits per heavy atom. The molecule has 1 nitrogen and oxygen atoms in total. The minimum atomic E-state index is -0.364. The Morgan fingerprint density at radius 1 is 0.947 bits per heavy atom. The maximum atomic E-state index is 13.3. The maximum Gasteiger partial charge on any atom is 0.125 e. The van der Waals surface area contributed by atoms with E-state index in [9.17, 15) is 8.78 Å². The van der Waals surface area contributed by atoms with Crippen molar-refractivity contribution < 1.29 is 8.78 Å². The minimum Gasteiger partial charge on any atom is -0.343 e. The van der Waals surface area contributed by atoms with Gasteiger partial charge in [-0.25, -0.2) is 8.78 Å². The van der Waals surface area contributed by atoms with E-state index >= 15 is 0 Å². The van der Waals surface area contributed by atoms with E-state index in [2.05, 4.69) is 0 Å². The highest BCUT2D eigenvalue weighted by Gasteiger charge is 2.06. The van der Waals surface area contributed by atoms with Crippen LogP contribution in [0.2, 0.25) is 5.02 Å². The van der Waals surface area contributed by atoms with Crippen molar-refractivity contribution in [1.82, 2.24) is 4.57 Å². The van der Waals surface area contributed by atoms with Gasteiger partial charge in [0.15, 0.2) is 0 Å². The zero-order chi connectivity index (χ0) is 13.4. The van der Waals surface area contributed by atoms with Crippen molar-refractivity contribution in [2.45, 2.75) is 6.54 Å². The summed E-state index contributed by atoms with van der Waals surface area (Å²) < 4.78 is 28.2. The van der Waals surface area contributed by atoms with E-state index in [1.54, 1.807) is 12.1 Å². The zero-order valence-corrected chi connectivity index (χ0v) is 10.7. The maximum absolute atomic E-state index is 13.3. The topological polar surface area (TPSA) is 4.93 Å². The molecule has 0 fully saturated rings. The van der Waals surface area contributed by atoms with Crippen LogP contribution in [-0.4, -0.2) is 4.57 Å². The van der Waals surface area contributed by atoms with Crippen LogP contribution >= 0.6 is 11.6 Å². The van der Waals surface area contributed by atoms with Crippen LogP contribution in [0.1, 0.15) is 5.56 Å². The van der Waals surface area contributed by atoms with E-state index in [0.717, 1.165) is 16.5 Å². The Morgan fingerprint density at radius 2 is 1.68 bits per heavy atom. The molecule has 2 aromatic carbocycles. The van der Waals surface area contributed by atoms with Crippen molar-refractivity contribution in [2.24, 2.45) is 0 Å². The molecule has 0 aliphatic rings. The molecule has 1 aromatic heterocycles. The first kappa shape index (κ1) is 12.2. The van der Waals surface area contributed by atoms with Gasteiger partial charge in [0.25, 0.3) is 0 Å². The summed E-state index contributed by atoms with van der Waals surface area (Å²) in [5.41, 5.74) is 1.59. The summed E-state index contributed by atoms with van der Waals surface area (Å²) in [7, 11) is 0. The first-order chi connectivity index (χ1) is 9.13. The fraction of sp³-hybridized carbons (Fsp3) is 0.0667. The number of rotatable bonds is 2. The summed E-state index contributed by atoms with van der Waals surface area (Å²) in [6.45, 7) is 0.478. The van der Waals surface area contributed by atoms with Gasteiger partial charge in [0.2, 0.25) is 0 Å². The van der Waals surface area contributed by atoms with Gasteiger partial charge in [-0.2, -0.15) is 0 Å². The molecule has 0 atom stereocenters. The third-order valence-electron chi connectivity index (χ3n) is 3.09. The van der Waals surface area contributed by atoms with Gasteiger partial charge in [0, 0.05) is 17.8 Å². The normalized spacial score (nSPS) is 11.1. The van der Waals surface area contributed by atoms with Gasteiger partial charge in [0.05, 0.1) is 5.52 Å². The summed E-state index contributed by atoms with van der Waals surface area (Å²) in [6, 6.07) is 10.8. The van der Waals surface area contributed by atoms with Crippen molar-refractivity contribution in [3.8, 4) is 0 Å². The van der Waals surface area contributed by atoms with E-state index in [1.165, 1.54) is 24.3 Å². The lowest BCUT2D eigenvalue weighted by Gasteiger charge is -2.08. The Kier molecular flexibility index (Phi) is 2.99. The molecule has 0 saturated heterocycles. The Hall–Kier alpha value is -1.87. The van der Waals surface area contributed by atoms with Crippen LogP contribution in [0.4, 0.5) is 8.78 Å². The second-order valence-corrected chi connectivity index (χ2v) is 4.79. The van der Waals surface area contributed by atoms with E-state index in [1.807, 2.05) is 16.8 Å². The van der Waals surface area contributed by atoms with Crippen molar-refractivity contribution in [3.63, 3.8) is 0 Å². The Labute approximate surface area is 114 Å². The fourth-order valence-electron chi connectivity index (χ4n) is 2.13. The van der Waals surface area contributed by atoms with Gasteiger partial charge >= 0.3 is 0 Å². The molecule has 3 rings (SSSR count). The van der Waals surface area contributed by atoms with Gasteiger partial charge in [-0.05, 0) is 47.3 Å². The van der Waals surface area contributed by atoms with Gasteiger partial charge in [-0.3, -0.25) is 0 Å². The van der Waals surface area contributed by atoms with Crippen LogP contribution in [0.3, 0.4) is 0 Å². The van der Waals surface area contributed by atoms with Crippen molar-refractivity contribution >= 4 is 22.5 Å². The van der Waals surface area contributed by atoms with Crippen LogP contribution in [0.15, 0.2) is 48.7 Å².